The van der Waals surface area contributed by atoms with E-state index < -0.39 is 0 Å². The monoisotopic (exact) mass is 243 g/mol. The molecule has 0 fully saturated rings. The van der Waals surface area contributed by atoms with Gasteiger partial charge < -0.3 is 19.6 Å². The van der Waals surface area contributed by atoms with Gasteiger partial charge in [-0.3, -0.25) is 0 Å². The normalized spacial score (nSPS) is 5.55. The van der Waals surface area contributed by atoms with Crippen molar-refractivity contribution in [2.75, 3.05) is 0 Å². The van der Waals surface area contributed by atoms with Crippen molar-refractivity contribution in [1.82, 2.24) is 0 Å². The first-order valence-corrected chi connectivity index (χ1v) is 3.99. The molecule has 64 valence electrons. The van der Waals surface area contributed by atoms with Crippen LogP contribution >= 0.6 is 24.8 Å². The summed E-state index contributed by atoms with van der Waals surface area (Å²) in [6.07, 6.45) is 2.00. The fourth-order valence-electron chi connectivity index (χ4n) is 0. The molecular weight excluding hydrogens is 228 g/mol. The summed E-state index contributed by atoms with van der Waals surface area (Å²) in [5.74, 6) is 0. The molecule has 0 saturated heterocycles. The summed E-state index contributed by atoms with van der Waals surface area (Å²) in [4.78, 5) is 0. The van der Waals surface area contributed by atoms with Gasteiger partial charge in [0.05, 0.1) is 0 Å². The molecule has 0 aromatic carbocycles. The van der Waals surface area contributed by atoms with Crippen LogP contribution in [0.2, 0.25) is 0 Å². The predicted molar refractivity (Wildman–Crippen MR) is 57.1 cm³/mol. The number of hydrogen-bond donors (Lipinski definition) is 2. The molecule has 1 nitrogen and oxygen atoms in total. The molecule has 0 heterocycles. The minimum absolute atomic E-state index is 0. The van der Waals surface area contributed by atoms with Gasteiger partial charge in [-0.05, 0) is 0 Å². The maximum absolute atomic E-state index is 4.71. The summed E-state index contributed by atoms with van der Waals surface area (Å²) in [6, 6.07) is 0. The van der Waals surface area contributed by atoms with E-state index >= 15 is 0 Å². The van der Waals surface area contributed by atoms with E-state index in [0.29, 0.717) is 0 Å². The molecule has 4 heteroatoms. The molecule has 11 heavy (non-hydrogen) atoms. The molecule has 0 radical (unpaired) electrons. The standard InChI is InChI=1S/2C3H7.CH3NS2.Zn/c2*1-3-2;2-1(3)4;/h2*1,3H2,2H3;(H3,2,3,4);/q2*-1;;+2. The second kappa shape index (κ2) is 30.7. The summed E-state index contributed by atoms with van der Waals surface area (Å²) in [5, 5.41) is 0. The third kappa shape index (κ3) is 1140. The fourth-order valence-corrected chi connectivity index (χ4v) is 0. The number of thiol groups is 1. The van der Waals surface area contributed by atoms with Crippen molar-refractivity contribution in [3.63, 3.8) is 0 Å². The zero-order valence-corrected chi connectivity index (χ0v) is 12.1. The van der Waals surface area contributed by atoms with Gasteiger partial charge in [-0.2, -0.15) is 12.8 Å². The van der Waals surface area contributed by atoms with E-state index in [4.69, 9.17) is 5.73 Å². The van der Waals surface area contributed by atoms with E-state index in [1.54, 1.807) is 0 Å². The Bertz CT molecular complexity index is 54.4. The maximum atomic E-state index is 4.71. The molecule has 0 saturated carbocycles. The largest absolute Gasteiger partial charge is 2.00 e. The van der Waals surface area contributed by atoms with Gasteiger partial charge in [0.15, 0.2) is 0 Å². The molecule has 2 N–H and O–H groups in total. The second-order valence-electron chi connectivity index (χ2n) is 1.34. The van der Waals surface area contributed by atoms with E-state index in [9.17, 15) is 0 Å². The first kappa shape index (κ1) is 22.6. The molecule has 0 aliphatic rings. The Morgan fingerprint density at radius 1 is 1.36 bits per heavy atom. The third-order valence-electron chi connectivity index (χ3n) is 0. The number of nitrogens with two attached hydrogens (primary N) is 1. The summed E-state index contributed by atoms with van der Waals surface area (Å²) >= 11 is 7.65. The zero-order chi connectivity index (χ0) is 8.99. The van der Waals surface area contributed by atoms with Crippen molar-refractivity contribution in [2.24, 2.45) is 5.73 Å². The molecule has 0 bridgehead atoms. The average molecular weight is 245 g/mol. The van der Waals surface area contributed by atoms with Crippen molar-refractivity contribution in [3.8, 4) is 0 Å². The molecule has 0 rings (SSSR count). The Balaban J connectivity index is -0.0000000325. The van der Waals surface area contributed by atoms with E-state index in [2.05, 4.69) is 38.7 Å². The minimum Gasteiger partial charge on any atom is -0.385 e. The van der Waals surface area contributed by atoms with Crippen LogP contribution in [0.4, 0.5) is 0 Å². The molecule has 0 spiro atoms. The van der Waals surface area contributed by atoms with Gasteiger partial charge in [-0.1, -0.05) is 26.1 Å². The quantitative estimate of drug-likeness (QED) is 0.297. The molecule has 0 unspecified atom stereocenters. The van der Waals surface area contributed by atoms with Crippen LogP contribution in [0.25, 0.3) is 0 Å². The van der Waals surface area contributed by atoms with Gasteiger partial charge in [-0.15, -0.1) is 12.6 Å². The van der Waals surface area contributed by atoms with Gasteiger partial charge in [0.2, 0.25) is 0 Å². The molecule has 0 aromatic heterocycles. The van der Waals surface area contributed by atoms with Crippen molar-refractivity contribution < 1.29 is 19.5 Å². The smallest absolute Gasteiger partial charge is 0.385 e. The van der Waals surface area contributed by atoms with Gasteiger partial charge in [0, 0.05) is 0 Å². The number of hydrogen-bond acceptors (Lipinski definition) is 1. The van der Waals surface area contributed by atoms with Crippen LogP contribution in [0.5, 0.6) is 0 Å². The SMILES string of the molecule is NC(=S)S.[CH2-]CC.[CH2-]CC.[Zn+2]. The first-order chi connectivity index (χ1) is 4.56. The van der Waals surface area contributed by atoms with Gasteiger partial charge in [0.1, 0.15) is 4.32 Å². The van der Waals surface area contributed by atoms with Gasteiger partial charge in [-0.25, -0.2) is 0 Å². The summed E-state index contributed by atoms with van der Waals surface area (Å²) in [6.45, 7) is 11.0. The van der Waals surface area contributed by atoms with E-state index in [1.165, 1.54) is 0 Å². The van der Waals surface area contributed by atoms with Crippen LogP contribution in [0.3, 0.4) is 0 Å². The Kier molecular flexibility index (Phi) is 63.3. The topological polar surface area (TPSA) is 26.0 Å². The number of rotatable bonds is 0. The van der Waals surface area contributed by atoms with Crippen LogP contribution in [0.1, 0.15) is 26.7 Å². The van der Waals surface area contributed by atoms with Gasteiger partial charge >= 0.3 is 19.5 Å². The Morgan fingerprint density at radius 2 is 1.36 bits per heavy atom. The Hall–Kier alpha value is 0.863. The summed E-state index contributed by atoms with van der Waals surface area (Å²) in [5.41, 5.74) is 4.71. The second-order valence-corrected chi connectivity index (χ2v) is 2.56. The van der Waals surface area contributed by atoms with Crippen LogP contribution in [0, 0.1) is 13.8 Å². The predicted octanol–water partition coefficient (Wildman–Crippen LogP) is 2.62. The minimum atomic E-state index is 0. The summed E-state index contributed by atoms with van der Waals surface area (Å²) in [7, 11) is 0. The Labute approximate surface area is 94.7 Å². The van der Waals surface area contributed by atoms with Crippen molar-refractivity contribution in [3.05, 3.63) is 13.8 Å². The van der Waals surface area contributed by atoms with Crippen molar-refractivity contribution in [1.29, 1.82) is 0 Å². The Morgan fingerprint density at radius 3 is 1.36 bits per heavy atom. The van der Waals surface area contributed by atoms with Crippen LogP contribution in [0.15, 0.2) is 0 Å². The van der Waals surface area contributed by atoms with Crippen LogP contribution < -0.4 is 5.73 Å². The maximum Gasteiger partial charge on any atom is 2.00 e. The first-order valence-electron chi connectivity index (χ1n) is 3.13. The fraction of sp³-hybridized carbons (Fsp3) is 0.571. The van der Waals surface area contributed by atoms with E-state index in [-0.39, 0.29) is 23.8 Å². The van der Waals surface area contributed by atoms with Crippen LogP contribution in [-0.4, -0.2) is 4.32 Å². The molecule has 0 aromatic rings. The third-order valence-corrected chi connectivity index (χ3v) is 0. The number of thiocarbonyl (C=S) groups is 1. The van der Waals surface area contributed by atoms with Gasteiger partial charge in [0.25, 0.3) is 0 Å². The van der Waals surface area contributed by atoms with Crippen molar-refractivity contribution >= 4 is 29.2 Å². The zero-order valence-electron chi connectivity index (χ0n) is 7.47. The van der Waals surface area contributed by atoms with E-state index in [1.807, 2.05) is 13.8 Å². The van der Waals surface area contributed by atoms with Crippen molar-refractivity contribution in [2.45, 2.75) is 26.7 Å². The van der Waals surface area contributed by atoms with Crippen LogP contribution in [-0.2, 0) is 19.5 Å². The van der Waals surface area contributed by atoms with E-state index in [0.717, 1.165) is 12.8 Å². The molecular formula is C7H17NS2Zn. The molecule has 0 aliphatic carbocycles. The summed E-state index contributed by atoms with van der Waals surface area (Å²) < 4.78 is 0.194. The average Bonchev–Trinajstić information content (AvgIpc) is 1.65. The molecule has 0 atom stereocenters. The molecule has 0 amide bonds. The molecule has 0 aliphatic heterocycles.